The molecule has 0 aliphatic carbocycles. The van der Waals surface area contributed by atoms with Gasteiger partial charge in [0.15, 0.2) is 0 Å². The Morgan fingerprint density at radius 1 is 1.00 bits per heavy atom. The Morgan fingerprint density at radius 3 is 2.26 bits per heavy atom. The van der Waals surface area contributed by atoms with Gasteiger partial charge in [-0.2, -0.15) is 4.99 Å². The fraction of sp³-hybridized carbons (Fsp3) is 0.158. The molecule has 3 rings (SSSR count). The zero-order chi connectivity index (χ0) is 16.2. The maximum atomic E-state index is 12.0. The molecule has 2 aromatic rings. The Bertz CT molecular complexity index is 774. The van der Waals surface area contributed by atoms with E-state index in [0.29, 0.717) is 4.91 Å². The number of benzene rings is 2. The van der Waals surface area contributed by atoms with E-state index in [1.54, 1.807) is 11.8 Å². The second-order valence-corrected chi connectivity index (χ2v) is 7.73. The maximum absolute atomic E-state index is 12.0. The third-order valence-corrected chi connectivity index (χ3v) is 5.66. The summed E-state index contributed by atoms with van der Waals surface area (Å²) in [4.78, 5) is 16.9. The minimum atomic E-state index is -0.137. The van der Waals surface area contributed by atoms with E-state index in [-0.39, 0.29) is 5.91 Å². The van der Waals surface area contributed by atoms with Crippen LogP contribution >= 0.6 is 23.5 Å². The van der Waals surface area contributed by atoms with Crippen LogP contribution in [-0.2, 0) is 10.5 Å². The molecule has 1 aliphatic heterocycles. The van der Waals surface area contributed by atoms with Crippen molar-refractivity contribution < 1.29 is 4.79 Å². The summed E-state index contributed by atoms with van der Waals surface area (Å²) < 4.78 is 0.828. The average molecular weight is 339 g/mol. The molecule has 1 heterocycles. The summed E-state index contributed by atoms with van der Waals surface area (Å²) in [5, 5.41) is 0. The van der Waals surface area contributed by atoms with E-state index in [1.165, 1.54) is 28.5 Å². The lowest BCUT2D eigenvalue weighted by Gasteiger charge is -2.01. The van der Waals surface area contributed by atoms with E-state index in [4.69, 9.17) is 0 Å². The first-order chi connectivity index (χ1) is 11.1. The molecule has 0 N–H and O–H groups in total. The molecule has 0 saturated carbocycles. The van der Waals surface area contributed by atoms with Gasteiger partial charge >= 0.3 is 0 Å². The highest BCUT2D eigenvalue weighted by Gasteiger charge is 2.22. The SMILES string of the molecule is Cc1ccc(/C=C2\SC(SCc3ccc(C)cc3)=NC2=O)cc1. The Morgan fingerprint density at radius 2 is 1.61 bits per heavy atom. The van der Waals surface area contributed by atoms with Gasteiger partial charge in [0, 0.05) is 5.75 Å². The summed E-state index contributed by atoms with van der Waals surface area (Å²) in [5.41, 5.74) is 4.74. The molecule has 0 saturated heterocycles. The third-order valence-electron chi connectivity index (χ3n) is 3.46. The molecule has 0 radical (unpaired) electrons. The molecule has 1 aliphatic rings. The van der Waals surface area contributed by atoms with Crippen molar-refractivity contribution in [1.29, 1.82) is 0 Å². The van der Waals surface area contributed by atoms with Crippen LogP contribution in [0.3, 0.4) is 0 Å². The normalized spacial score (nSPS) is 16.0. The minimum absolute atomic E-state index is 0.137. The minimum Gasteiger partial charge on any atom is -0.266 e. The topological polar surface area (TPSA) is 29.4 Å². The van der Waals surface area contributed by atoms with Crippen molar-refractivity contribution in [3.05, 3.63) is 75.7 Å². The van der Waals surface area contributed by atoms with Gasteiger partial charge in [0.25, 0.3) is 5.91 Å². The second kappa shape index (κ2) is 7.20. The quantitative estimate of drug-likeness (QED) is 0.719. The van der Waals surface area contributed by atoms with Gasteiger partial charge in [0.05, 0.1) is 4.91 Å². The molecule has 0 unspecified atom stereocenters. The van der Waals surface area contributed by atoms with Crippen molar-refractivity contribution in [1.82, 2.24) is 0 Å². The first kappa shape index (κ1) is 16.1. The third kappa shape index (κ3) is 4.36. The highest BCUT2D eigenvalue weighted by Crippen LogP contribution is 2.35. The van der Waals surface area contributed by atoms with Gasteiger partial charge < -0.3 is 0 Å². The van der Waals surface area contributed by atoms with Crippen molar-refractivity contribution >= 4 is 39.9 Å². The molecule has 1 amide bonds. The molecule has 23 heavy (non-hydrogen) atoms. The molecule has 0 fully saturated rings. The molecular weight excluding hydrogens is 322 g/mol. The predicted molar refractivity (Wildman–Crippen MR) is 102 cm³/mol. The summed E-state index contributed by atoms with van der Waals surface area (Å²) in [7, 11) is 0. The molecule has 0 bridgehead atoms. The van der Waals surface area contributed by atoms with Crippen LogP contribution < -0.4 is 0 Å². The van der Waals surface area contributed by atoms with E-state index in [2.05, 4.69) is 43.1 Å². The van der Waals surface area contributed by atoms with Gasteiger partial charge in [-0.15, -0.1) is 0 Å². The van der Waals surface area contributed by atoms with E-state index in [1.807, 2.05) is 30.3 Å². The van der Waals surface area contributed by atoms with E-state index >= 15 is 0 Å². The summed E-state index contributed by atoms with van der Waals surface area (Å²) in [6.07, 6.45) is 1.91. The monoisotopic (exact) mass is 339 g/mol. The van der Waals surface area contributed by atoms with Crippen LogP contribution in [0.25, 0.3) is 6.08 Å². The van der Waals surface area contributed by atoms with Crippen molar-refractivity contribution in [3.8, 4) is 0 Å². The molecule has 0 atom stereocenters. The highest BCUT2D eigenvalue weighted by atomic mass is 32.2. The first-order valence-electron chi connectivity index (χ1n) is 7.38. The molecular formula is C19H17NOS2. The van der Waals surface area contributed by atoms with Gasteiger partial charge in [0.2, 0.25) is 0 Å². The summed E-state index contributed by atoms with van der Waals surface area (Å²) >= 11 is 3.08. The number of nitrogens with zero attached hydrogens (tertiary/aromatic N) is 1. The van der Waals surface area contributed by atoms with Gasteiger partial charge in [0.1, 0.15) is 4.38 Å². The maximum Gasteiger partial charge on any atom is 0.285 e. The zero-order valence-corrected chi connectivity index (χ0v) is 14.7. The van der Waals surface area contributed by atoms with Crippen LogP contribution in [-0.4, -0.2) is 10.3 Å². The van der Waals surface area contributed by atoms with Gasteiger partial charge in [-0.3, -0.25) is 4.79 Å². The van der Waals surface area contributed by atoms with Gasteiger partial charge in [-0.05, 0) is 31.1 Å². The zero-order valence-electron chi connectivity index (χ0n) is 13.1. The van der Waals surface area contributed by atoms with Crippen molar-refractivity contribution in [2.75, 3.05) is 0 Å². The van der Waals surface area contributed by atoms with Crippen molar-refractivity contribution in [3.63, 3.8) is 0 Å². The highest BCUT2D eigenvalue weighted by molar-refractivity contribution is 8.40. The Balaban J connectivity index is 1.63. The number of rotatable bonds is 3. The molecule has 116 valence electrons. The fourth-order valence-corrected chi connectivity index (χ4v) is 4.05. The summed E-state index contributed by atoms with van der Waals surface area (Å²) in [5.74, 6) is 0.694. The largest absolute Gasteiger partial charge is 0.285 e. The summed E-state index contributed by atoms with van der Waals surface area (Å²) in [6.45, 7) is 4.13. The number of thioether (sulfide) groups is 2. The van der Waals surface area contributed by atoms with Gasteiger partial charge in [-0.25, -0.2) is 0 Å². The number of carbonyl (C=O) groups is 1. The van der Waals surface area contributed by atoms with Crippen LogP contribution in [0.2, 0.25) is 0 Å². The Kier molecular flexibility index (Phi) is 5.03. The Hall–Kier alpha value is -1.78. The number of hydrogen-bond donors (Lipinski definition) is 0. The standard InChI is InChI=1S/C19H17NOS2/c1-13-3-7-15(8-4-13)11-17-18(21)20-19(23-17)22-12-16-9-5-14(2)6-10-16/h3-11H,12H2,1-2H3/b17-11-. The lowest BCUT2D eigenvalue weighted by molar-refractivity contribution is -0.113. The summed E-state index contributed by atoms with van der Waals surface area (Å²) in [6, 6.07) is 16.6. The average Bonchev–Trinajstić information content (AvgIpc) is 2.89. The predicted octanol–water partition coefficient (Wildman–Crippen LogP) is 5.21. The number of aryl methyl sites for hydroxylation is 2. The Labute approximate surface area is 145 Å². The lowest BCUT2D eigenvalue weighted by Crippen LogP contribution is -1.87. The number of hydrogen-bond acceptors (Lipinski definition) is 3. The molecule has 4 heteroatoms. The van der Waals surface area contributed by atoms with Crippen LogP contribution in [0, 0.1) is 13.8 Å². The van der Waals surface area contributed by atoms with Crippen LogP contribution in [0.1, 0.15) is 22.3 Å². The molecule has 0 spiro atoms. The van der Waals surface area contributed by atoms with Crippen LogP contribution in [0.5, 0.6) is 0 Å². The number of aliphatic imine (C=N–C) groups is 1. The lowest BCUT2D eigenvalue weighted by atomic mass is 10.1. The smallest absolute Gasteiger partial charge is 0.266 e. The van der Waals surface area contributed by atoms with Gasteiger partial charge in [-0.1, -0.05) is 83.2 Å². The van der Waals surface area contributed by atoms with Crippen molar-refractivity contribution in [2.45, 2.75) is 19.6 Å². The second-order valence-electron chi connectivity index (χ2n) is 5.48. The van der Waals surface area contributed by atoms with Crippen LogP contribution in [0.4, 0.5) is 0 Å². The number of amides is 1. The fourth-order valence-electron chi connectivity index (χ4n) is 2.09. The first-order valence-corrected chi connectivity index (χ1v) is 9.18. The van der Waals surface area contributed by atoms with Crippen molar-refractivity contribution in [2.24, 2.45) is 4.99 Å². The molecule has 2 aromatic carbocycles. The van der Waals surface area contributed by atoms with E-state index < -0.39 is 0 Å². The molecule has 0 aromatic heterocycles. The number of carbonyl (C=O) groups excluding carboxylic acids is 1. The van der Waals surface area contributed by atoms with E-state index in [9.17, 15) is 4.79 Å². The van der Waals surface area contributed by atoms with Crippen LogP contribution in [0.15, 0.2) is 58.4 Å². The molecule has 2 nitrogen and oxygen atoms in total. The van der Waals surface area contributed by atoms with E-state index in [0.717, 1.165) is 15.7 Å².